The van der Waals surface area contributed by atoms with E-state index >= 15 is 0 Å². The van der Waals surface area contributed by atoms with Crippen LogP contribution in [0.25, 0.3) is 0 Å². The number of carbonyl (C=O) groups is 2. The van der Waals surface area contributed by atoms with Crippen LogP contribution in [0.3, 0.4) is 0 Å². The zero-order chi connectivity index (χ0) is 35.6. The van der Waals surface area contributed by atoms with Crippen LogP contribution in [0.1, 0.15) is 56.0 Å². The first-order chi connectivity index (χ1) is 23.4. The van der Waals surface area contributed by atoms with Crippen molar-refractivity contribution in [3.63, 3.8) is 0 Å². The molecule has 1 aliphatic rings. The van der Waals surface area contributed by atoms with E-state index in [0.29, 0.717) is 30.2 Å². The molecular weight excluding hydrogens is 646 g/mol. The summed E-state index contributed by atoms with van der Waals surface area (Å²) in [6.07, 6.45) is 1.64. The van der Waals surface area contributed by atoms with Crippen LogP contribution in [-0.2, 0) is 26.0 Å². The smallest absolute Gasteiger partial charge is 0.258 e. The van der Waals surface area contributed by atoms with Crippen LogP contribution < -0.4 is 14.8 Å². The van der Waals surface area contributed by atoms with Gasteiger partial charge in [0.2, 0.25) is 15.9 Å². The molecule has 2 N–H and O–H groups in total. The fourth-order valence-corrected chi connectivity index (χ4v) is 6.91. The molecule has 0 saturated carbocycles. The number of nitrogens with one attached hydrogen (secondary N) is 1. The van der Waals surface area contributed by atoms with Crippen molar-refractivity contribution in [2.45, 2.75) is 69.6 Å². The van der Waals surface area contributed by atoms with E-state index in [4.69, 9.17) is 14.2 Å². The van der Waals surface area contributed by atoms with Gasteiger partial charge in [-0.15, -0.1) is 0 Å². The van der Waals surface area contributed by atoms with E-state index in [-0.39, 0.29) is 60.4 Å². The fraction of sp³-hybridized carbons (Fsp3) is 0.459. The van der Waals surface area contributed by atoms with E-state index < -0.39 is 22.2 Å². The van der Waals surface area contributed by atoms with Crippen molar-refractivity contribution in [3.05, 3.63) is 83.9 Å². The fourth-order valence-electron chi connectivity index (χ4n) is 5.73. The highest BCUT2D eigenvalue weighted by atomic mass is 32.2. The van der Waals surface area contributed by atoms with Gasteiger partial charge >= 0.3 is 0 Å². The van der Waals surface area contributed by atoms with E-state index in [1.807, 2.05) is 44.2 Å². The zero-order valence-electron chi connectivity index (χ0n) is 29.0. The minimum atomic E-state index is -3.85. The van der Waals surface area contributed by atoms with Crippen LogP contribution in [0, 0.1) is 5.92 Å². The highest BCUT2D eigenvalue weighted by molar-refractivity contribution is 7.89. The standard InChI is InChI=1S/C37H49N3O8S/c1-26-23-40(27(2)25-41)37(43)33-22-30(38-36(42)21-29-12-7-6-8-13-29)14-19-34(33)48-28(3)11-9-10-20-47-35(26)24-39(4)49(44,45)32-17-15-31(46-5)16-18-32/h6-8,12-19,22,26-28,35,41H,9-11,20-21,23-25H2,1-5H3,(H,38,42)/t26-,27-,28+,35+/m1/s1. The number of methoxy groups -OCH3 is 1. The van der Waals surface area contributed by atoms with Crippen LogP contribution in [0.2, 0.25) is 0 Å². The van der Waals surface area contributed by atoms with Crippen molar-refractivity contribution < 1.29 is 37.3 Å². The van der Waals surface area contributed by atoms with Gasteiger partial charge in [0.05, 0.1) is 48.8 Å². The highest BCUT2D eigenvalue weighted by Gasteiger charge is 2.32. The maximum atomic E-state index is 14.4. The van der Waals surface area contributed by atoms with E-state index in [9.17, 15) is 23.1 Å². The molecule has 12 heteroatoms. The number of rotatable bonds is 10. The second-order valence-electron chi connectivity index (χ2n) is 12.7. The van der Waals surface area contributed by atoms with E-state index in [0.717, 1.165) is 18.4 Å². The van der Waals surface area contributed by atoms with Gasteiger partial charge in [-0.1, -0.05) is 37.3 Å². The molecule has 1 aliphatic heterocycles. The number of anilines is 1. The lowest BCUT2D eigenvalue weighted by molar-refractivity contribution is -0.115. The Balaban J connectivity index is 1.62. The molecule has 0 radical (unpaired) electrons. The van der Waals surface area contributed by atoms with Crippen LogP contribution in [0.5, 0.6) is 11.5 Å². The lowest BCUT2D eigenvalue weighted by Crippen LogP contribution is -2.48. The zero-order valence-corrected chi connectivity index (χ0v) is 29.8. The summed E-state index contributed by atoms with van der Waals surface area (Å²) in [6, 6.07) is 20.0. The van der Waals surface area contributed by atoms with Gasteiger partial charge in [0.15, 0.2) is 0 Å². The van der Waals surface area contributed by atoms with Gasteiger partial charge in [-0.05, 0) is 81.1 Å². The summed E-state index contributed by atoms with van der Waals surface area (Å²) in [5, 5.41) is 13.1. The molecule has 0 aliphatic carbocycles. The predicted octanol–water partition coefficient (Wildman–Crippen LogP) is 4.99. The Labute approximate surface area is 290 Å². The quantitative estimate of drug-likeness (QED) is 0.303. The molecule has 1 heterocycles. The van der Waals surface area contributed by atoms with Crippen LogP contribution in [0.15, 0.2) is 77.7 Å². The molecule has 2 amide bonds. The molecule has 11 nitrogen and oxygen atoms in total. The molecule has 0 saturated heterocycles. The van der Waals surface area contributed by atoms with E-state index in [2.05, 4.69) is 5.32 Å². The largest absolute Gasteiger partial charge is 0.497 e. The minimum absolute atomic E-state index is 0.0543. The summed E-state index contributed by atoms with van der Waals surface area (Å²) < 4.78 is 46.1. The van der Waals surface area contributed by atoms with Gasteiger partial charge in [-0.2, -0.15) is 4.31 Å². The number of aliphatic hydroxyl groups excluding tert-OH is 1. The third-order valence-electron chi connectivity index (χ3n) is 8.75. The number of hydrogen-bond donors (Lipinski definition) is 2. The number of hydrogen-bond acceptors (Lipinski definition) is 8. The average Bonchev–Trinajstić information content (AvgIpc) is 3.09. The summed E-state index contributed by atoms with van der Waals surface area (Å²) in [6.45, 7) is 5.93. The number of amides is 2. The lowest BCUT2D eigenvalue weighted by Gasteiger charge is -2.35. The Kier molecular flexibility index (Phi) is 13.6. The maximum absolute atomic E-state index is 14.4. The number of aliphatic hydroxyl groups is 1. The van der Waals surface area contributed by atoms with Crippen molar-refractivity contribution in [1.29, 1.82) is 0 Å². The molecule has 0 aromatic heterocycles. The van der Waals surface area contributed by atoms with Crippen LogP contribution in [0.4, 0.5) is 5.69 Å². The molecule has 4 rings (SSSR count). The number of nitrogens with zero attached hydrogens (tertiary/aromatic N) is 2. The van der Waals surface area contributed by atoms with Gasteiger partial charge in [-0.25, -0.2) is 8.42 Å². The third-order valence-corrected chi connectivity index (χ3v) is 10.6. The molecule has 0 fully saturated rings. The Morgan fingerprint density at radius 1 is 1.08 bits per heavy atom. The number of sulfonamides is 1. The average molecular weight is 696 g/mol. The van der Waals surface area contributed by atoms with Gasteiger partial charge in [0, 0.05) is 38.3 Å². The normalized spacial score (nSPS) is 20.1. The number of fused-ring (bicyclic) bond motifs is 1. The van der Waals surface area contributed by atoms with E-state index in [1.54, 1.807) is 42.2 Å². The van der Waals surface area contributed by atoms with E-state index in [1.165, 1.54) is 30.6 Å². The van der Waals surface area contributed by atoms with Crippen molar-refractivity contribution in [1.82, 2.24) is 9.21 Å². The summed E-state index contributed by atoms with van der Waals surface area (Å²) in [7, 11) is -0.814. The minimum Gasteiger partial charge on any atom is -0.497 e. The SMILES string of the molecule is COc1ccc(S(=O)(=O)N(C)C[C@@H]2OCCCC[C@H](C)Oc3ccc(NC(=O)Cc4ccccc4)cc3C(=O)N([C@H](C)CO)C[C@H]2C)cc1. The van der Waals surface area contributed by atoms with Gasteiger partial charge in [0.1, 0.15) is 11.5 Å². The highest BCUT2D eigenvalue weighted by Crippen LogP contribution is 2.29. The number of ether oxygens (including phenoxy) is 3. The number of likely N-dealkylation sites (N-methyl/N-ethyl adjacent to an activating group) is 1. The molecule has 4 atom stereocenters. The molecular formula is C37H49N3O8S. The first kappa shape index (κ1) is 37.8. The molecule has 266 valence electrons. The molecule has 0 spiro atoms. The Morgan fingerprint density at radius 3 is 2.47 bits per heavy atom. The van der Waals surface area contributed by atoms with Crippen LogP contribution in [-0.4, -0.2) is 93.3 Å². The van der Waals surface area contributed by atoms with Crippen molar-refractivity contribution in [3.8, 4) is 11.5 Å². The summed E-state index contributed by atoms with van der Waals surface area (Å²) in [4.78, 5) is 29.0. The monoisotopic (exact) mass is 695 g/mol. The topological polar surface area (TPSA) is 135 Å². The summed E-state index contributed by atoms with van der Waals surface area (Å²) in [5.41, 5.74) is 1.56. The van der Waals surface area contributed by atoms with Gasteiger partial charge in [0.25, 0.3) is 5.91 Å². The molecule has 3 aromatic carbocycles. The molecule has 0 bridgehead atoms. The third kappa shape index (κ3) is 10.3. The van der Waals surface area contributed by atoms with Crippen molar-refractivity contribution in [2.75, 3.05) is 45.8 Å². The van der Waals surface area contributed by atoms with Crippen LogP contribution >= 0.6 is 0 Å². The van der Waals surface area contributed by atoms with Gasteiger partial charge < -0.3 is 29.5 Å². The molecule has 0 unspecified atom stereocenters. The number of benzene rings is 3. The number of carbonyl (C=O) groups excluding carboxylic acids is 2. The first-order valence-electron chi connectivity index (χ1n) is 16.7. The second kappa shape index (κ2) is 17.6. The lowest BCUT2D eigenvalue weighted by atomic mass is 10.0. The Bertz CT molecular complexity index is 1640. The maximum Gasteiger partial charge on any atom is 0.258 e. The summed E-state index contributed by atoms with van der Waals surface area (Å²) >= 11 is 0. The molecule has 3 aromatic rings. The van der Waals surface area contributed by atoms with Crippen molar-refractivity contribution in [2.24, 2.45) is 5.92 Å². The predicted molar refractivity (Wildman–Crippen MR) is 188 cm³/mol. The second-order valence-corrected chi connectivity index (χ2v) is 14.7. The Morgan fingerprint density at radius 2 is 1.80 bits per heavy atom. The summed E-state index contributed by atoms with van der Waals surface area (Å²) in [5.74, 6) is -0.000203. The molecule has 49 heavy (non-hydrogen) atoms. The Hall–Kier alpha value is -3.97. The first-order valence-corrected chi connectivity index (χ1v) is 18.1. The van der Waals surface area contributed by atoms with Crippen molar-refractivity contribution >= 4 is 27.5 Å². The van der Waals surface area contributed by atoms with Gasteiger partial charge in [-0.3, -0.25) is 9.59 Å².